The van der Waals surface area contributed by atoms with Crippen molar-refractivity contribution in [3.05, 3.63) is 0 Å². The summed E-state index contributed by atoms with van der Waals surface area (Å²) >= 11 is 5.81. The lowest BCUT2D eigenvalue weighted by Gasteiger charge is -2.55. The van der Waals surface area contributed by atoms with Crippen LogP contribution in [-0.4, -0.2) is 45.9 Å². The van der Waals surface area contributed by atoms with Gasteiger partial charge in [-0.05, 0) is 65.6 Å². The molecular weight excluding hydrogens is 260 g/mol. The van der Waals surface area contributed by atoms with Crippen molar-refractivity contribution in [2.75, 3.05) is 13.6 Å². The Balaban J connectivity index is 2.90. The molecule has 0 aromatic heterocycles. The molecule has 1 aliphatic heterocycles. The summed E-state index contributed by atoms with van der Waals surface area (Å²) in [4.78, 5) is 16.0. The van der Waals surface area contributed by atoms with E-state index in [2.05, 4.69) is 46.6 Å². The molecule has 0 spiro atoms. The van der Waals surface area contributed by atoms with E-state index < -0.39 is 0 Å². The summed E-state index contributed by atoms with van der Waals surface area (Å²) in [7, 11) is 2.18. The summed E-state index contributed by atoms with van der Waals surface area (Å²) in [5.41, 5.74) is 0.173. The number of hydrogen-bond acceptors (Lipinski definition) is 2. The molecule has 3 nitrogen and oxygen atoms in total. The lowest BCUT2D eigenvalue weighted by molar-refractivity contribution is -0.0370. The Hall–Kier alpha value is -0.280. The molecule has 1 heterocycles. The summed E-state index contributed by atoms with van der Waals surface area (Å²) in [6.45, 7) is 11.9. The summed E-state index contributed by atoms with van der Waals surface area (Å²) in [5, 5.41) is -0.297. The average Bonchev–Trinajstić information content (AvgIpc) is 2.25. The zero-order valence-electron chi connectivity index (χ0n) is 13.3. The molecule has 1 aliphatic rings. The van der Waals surface area contributed by atoms with Crippen LogP contribution in [0.4, 0.5) is 4.79 Å². The molecule has 1 fully saturated rings. The quantitative estimate of drug-likeness (QED) is 0.574. The topological polar surface area (TPSA) is 23.6 Å². The number of rotatable bonds is 4. The summed E-state index contributed by atoms with van der Waals surface area (Å²) in [6.07, 6.45) is 4.07. The van der Waals surface area contributed by atoms with Crippen molar-refractivity contribution in [3.8, 4) is 0 Å². The van der Waals surface area contributed by atoms with Gasteiger partial charge in [-0.15, -0.1) is 0 Å². The van der Waals surface area contributed by atoms with Gasteiger partial charge in [-0.25, -0.2) is 0 Å². The number of amides is 1. The minimum atomic E-state index is -0.297. The first-order valence-corrected chi connectivity index (χ1v) is 7.69. The van der Waals surface area contributed by atoms with Crippen molar-refractivity contribution in [1.29, 1.82) is 0 Å². The van der Waals surface area contributed by atoms with Crippen molar-refractivity contribution in [3.63, 3.8) is 0 Å². The number of halogens is 1. The number of carbonyl (C=O) groups is 1. The van der Waals surface area contributed by atoms with Crippen molar-refractivity contribution in [2.45, 2.75) is 77.4 Å². The van der Waals surface area contributed by atoms with Gasteiger partial charge in [0, 0.05) is 23.7 Å². The highest BCUT2D eigenvalue weighted by atomic mass is 35.5. The lowest BCUT2D eigenvalue weighted by atomic mass is 9.77. The van der Waals surface area contributed by atoms with Gasteiger partial charge in [0.25, 0.3) is 0 Å². The Morgan fingerprint density at radius 3 is 2.11 bits per heavy atom. The molecule has 1 saturated heterocycles. The molecule has 0 atom stereocenters. The second-order valence-corrected chi connectivity index (χ2v) is 7.37. The maximum Gasteiger partial charge on any atom is 0.316 e. The Morgan fingerprint density at radius 2 is 1.74 bits per heavy atom. The van der Waals surface area contributed by atoms with E-state index in [0.717, 1.165) is 32.2 Å². The standard InChI is InChI=1S/C15H29ClN2O/c1-7-8-9-18(13(16)19)12-10-14(2,3)17(6)15(4,5)11-12/h12H,7-11H2,1-6H3. The molecule has 19 heavy (non-hydrogen) atoms. The molecule has 0 aromatic carbocycles. The first-order chi connectivity index (χ1) is 8.62. The van der Waals surface area contributed by atoms with Crippen LogP contribution in [0.25, 0.3) is 0 Å². The molecule has 0 aromatic rings. The normalized spacial score (nSPS) is 23.3. The molecule has 112 valence electrons. The molecule has 0 aliphatic carbocycles. The lowest BCUT2D eigenvalue weighted by Crippen LogP contribution is -2.63. The fourth-order valence-electron chi connectivity index (χ4n) is 3.28. The Bertz CT molecular complexity index is 310. The van der Waals surface area contributed by atoms with Gasteiger partial charge in [0.15, 0.2) is 0 Å². The number of hydrogen-bond donors (Lipinski definition) is 0. The maximum absolute atomic E-state index is 11.7. The van der Waals surface area contributed by atoms with E-state index in [-0.39, 0.29) is 22.5 Å². The first-order valence-electron chi connectivity index (χ1n) is 7.32. The third-order valence-corrected chi connectivity index (χ3v) is 4.92. The van der Waals surface area contributed by atoms with Crippen LogP contribution in [0.5, 0.6) is 0 Å². The van der Waals surface area contributed by atoms with Crippen LogP contribution < -0.4 is 0 Å². The highest BCUT2D eigenvalue weighted by Gasteiger charge is 2.45. The van der Waals surface area contributed by atoms with Gasteiger partial charge in [-0.3, -0.25) is 9.69 Å². The van der Waals surface area contributed by atoms with E-state index in [4.69, 9.17) is 11.6 Å². The van der Waals surface area contributed by atoms with Crippen LogP contribution in [-0.2, 0) is 0 Å². The fourth-order valence-corrected chi connectivity index (χ4v) is 3.50. The van der Waals surface area contributed by atoms with Gasteiger partial charge in [0.2, 0.25) is 0 Å². The number of likely N-dealkylation sites (tertiary alicyclic amines) is 1. The molecule has 0 saturated carbocycles. The van der Waals surface area contributed by atoms with E-state index in [1.807, 2.05) is 4.90 Å². The molecule has 4 heteroatoms. The van der Waals surface area contributed by atoms with Gasteiger partial charge in [-0.2, -0.15) is 0 Å². The monoisotopic (exact) mass is 288 g/mol. The Kier molecular flexibility index (Phi) is 5.30. The smallest absolute Gasteiger partial charge is 0.316 e. The highest BCUT2D eigenvalue weighted by Crippen LogP contribution is 2.39. The van der Waals surface area contributed by atoms with Crippen molar-refractivity contribution in [1.82, 2.24) is 9.80 Å². The number of piperidine rings is 1. The molecule has 0 radical (unpaired) electrons. The van der Waals surface area contributed by atoms with Crippen molar-refractivity contribution < 1.29 is 4.79 Å². The van der Waals surface area contributed by atoms with Crippen LogP contribution in [0.2, 0.25) is 0 Å². The van der Waals surface area contributed by atoms with E-state index in [1.54, 1.807) is 0 Å². The largest absolute Gasteiger partial charge is 0.326 e. The minimum absolute atomic E-state index is 0.0865. The van der Waals surface area contributed by atoms with Crippen molar-refractivity contribution >= 4 is 17.0 Å². The molecule has 1 amide bonds. The van der Waals surface area contributed by atoms with Gasteiger partial charge in [0.05, 0.1) is 0 Å². The molecule has 0 bridgehead atoms. The molecule has 0 N–H and O–H groups in total. The molecular formula is C15H29ClN2O. The van der Waals surface area contributed by atoms with Crippen LogP contribution in [0, 0.1) is 0 Å². The van der Waals surface area contributed by atoms with E-state index in [0.29, 0.717) is 0 Å². The van der Waals surface area contributed by atoms with Gasteiger partial charge in [0.1, 0.15) is 0 Å². The number of nitrogens with zero attached hydrogens (tertiary/aromatic N) is 2. The zero-order chi connectivity index (χ0) is 14.8. The van der Waals surface area contributed by atoms with Crippen molar-refractivity contribution in [2.24, 2.45) is 0 Å². The van der Waals surface area contributed by atoms with E-state index in [9.17, 15) is 4.79 Å². The third kappa shape index (κ3) is 3.85. The second kappa shape index (κ2) is 6.01. The fraction of sp³-hybridized carbons (Fsp3) is 0.933. The van der Waals surface area contributed by atoms with Crippen LogP contribution in [0.1, 0.15) is 60.3 Å². The van der Waals surface area contributed by atoms with Gasteiger partial charge >= 0.3 is 5.37 Å². The van der Waals surface area contributed by atoms with E-state index >= 15 is 0 Å². The Labute approximate surface area is 123 Å². The average molecular weight is 289 g/mol. The summed E-state index contributed by atoms with van der Waals surface area (Å²) < 4.78 is 0. The predicted molar refractivity (Wildman–Crippen MR) is 81.8 cm³/mol. The zero-order valence-corrected chi connectivity index (χ0v) is 14.0. The highest BCUT2D eigenvalue weighted by molar-refractivity contribution is 6.62. The number of carbonyl (C=O) groups excluding carboxylic acids is 1. The third-order valence-electron chi connectivity index (χ3n) is 4.71. The first kappa shape index (κ1) is 16.8. The van der Waals surface area contributed by atoms with Crippen LogP contribution in [0.3, 0.4) is 0 Å². The summed E-state index contributed by atoms with van der Waals surface area (Å²) in [6, 6.07) is 0.248. The van der Waals surface area contributed by atoms with Crippen LogP contribution >= 0.6 is 11.6 Å². The minimum Gasteiger partial charge on any atom is -0.326 e. The van der Waals surface area contributed by atoms with Gasteiger partial charge < -0.3 is 4.90 Å². The second-order valence-electron chi connectivity index (χ2n) is 7.05. The predicted octanol–water partition coefficient (Wildman–Crippen LogP) is 4.10. The molecule has 1 rings (SSSR count). The van der Waals surface area contributed by atoms with Gasteiger partial charge in [-0.1, -0.05) is 13.3 Å². The van der Waals surface area contributed by atoms with Crippen LogP contribution in [0.15, 0.2) is 0 Å². The molecule has 0 unspecified atom stereocenters. The number of unbranched alkanes of at least 4 members (excludes halogenated alkanes) is 1. The summed E-state index contributed by atoms with van der Waals surface area (Å²) in [5.74, 6) is 0. The Morgan fingerprint density at radius 1 is 1.26 bits per heavy atom. The van der Waals surface area contributed by atoms with E-state index in [1.165, 1.54) is 0 Å². The SMILES string of the molecule is CCCCN(C(=O)Cl)C1CC(C)(C)N(C)C(C)(C)C1. The maximum atomic E-state index is 11.7.